The van der Waals surface area contributed by atoms with Crippen molar-refractivity contribution in [3.63, 3.8) is 0 Å². The average Bonchev–Trinajstić information content (AvgIpc) is 2.09. The molecule has 0 aromatic rings. The summed E-state index contributed by atoms with van der Waals surface area (Å²) in [6.07, 6.45) is 3.27. The first kappa shape index (κ1) is 11.7. The van der Waals surface area contributed by atoms with Gasteiger partial charge in [0.05, 0.1) is 0 Å². The molecule has 0 aromatic carbocycles. The monoisotopic (exact) mass is 186 g/mol. The van der Waals surface area contributed by atoms with Crippen LogP contribution in [0.2, 0.25) is 0 Å². The van der Waals surface area contributed by atoms with Gasteiger partial charge >= 0.3 is 0 Å². The molecule has 0 saturated carbocycles. The number of guanidine groups is 1. The van der Waals surface area contributed by atoms with Crippen LogP contribution in [0.4, 0.5) is 0 Å². The minimum absolute atomic E-state index is 0.0223. The van der Waals surface area contributed by atoms with Gasteiger partial charge in [-0.15, -0.1) is 0 Å². The number of unbranched alkanes of at least 4 members (excludes halogenated alkanes) is 2. The topological polar surface area (TPSA) is 93.5 Å². The van der Waals surface area contributed by atoms with E-state index in [4.69, 9.17) is 11.5 Å². The molecule has 76 valence electrons. The summed E-state index contributed by atoms with van der Waals surface area (Å²) in [4.78, 5) is 14.6. The molecule has 0 rings (SSSR count). The zero-order valence-corrected chi connectivity index (χ0v) is 8.05. The van der Waals surface area contributed by atoms with Gasteiger partial charge < -0.3 is 16.8 Å². The second-order valence-corrected chi connectivity index (χ2v) is 2.80. The van der Waals surface area contributed by atoms with Crippen molar-refractivity contribution in [3.8, 4) is 0 Å². The molecule has 0 heterocycles. The molecule has 0 aliphatic heterocycles. The Morgan fingerprint density at radius 3 is 2.62 bits per heavy atom. The molecule has 0 atom stereocenters. The lowest BCUT2D eigenvalue weighted by Crippen LogP contribution is -2.30. The van der Waals surface area contributed by atoms with Crippen molar-refractivity contribution in [1.29, 1.82) is 0 Å². The standard InChI is InChI=1S/C8H18N4O/c1-2-3-4-5-11-7(13)6-12-8(9)10/h2-6H2,1H3,(H,11,13)(H4,9,10,12). The molecular formula is C8H18N4O. The zero-order valence-electron chi connectivity index (χ0n) is 8.05. The average molecular weight is 186 g/mol. The molecule has 1 amide bonds. The lowest BCUT2D eigenvalue weighted by Gasteiger charge is -2.01. The van der Waals surface area contributed by atoms with Crippen LogP contribution in [0.15, 0.2) is 4.99 Å². The van der Waals surface area contributed by atoms with Gasteiger partial charge in [-0.1, -0.05) is 19.8 Å². The van der Waals surface area contributed by atoms with Gasteiger partial charge in [-0.2, -0.15) is 0 Å². The van der Waals surface area contributed by atoms with Crippen molar-refractivity contribution in [2.75, 3.05) is 13.1 Å². The highest BCUT2D eigenvalue weighted by Gasteiger charge is 1.97. The van der Waals surface area contributed by atoms with E-state index in [9.17, 15) is 4.79 Å². The van der Waals surface area contributed by atoms with Crippen molar-refractivity contribution in [2.45, 2.75) is 26.2 Å². The summed E-state index contributed by atoms with van der Waals surface area (Å²) in [6, 6.07) is 0. The van der Waals surface area contributed by atoms with E-state index in [0.717, 1.165) is 19.3 Å². The van der Waals surface area contributed by atoms with Gasteiger partial charge in [0.1, 0.15) is 6.54 Å². The normalized spacial score (nSPS) is 9.31. The van der Waals surface area contributed by atoms with E-state index >= 15 is 0 Å². The molecule has 0 aliphatic rings. The maximum Gasteiger partial charge on any atom is 0.241 e. The fraction of sp³-hybridized carbons (Fsp3) is 0.750. The third-order valence-electron chi connectivity index (χ3n) is 1.51. The van der Waals surface area contributed by atoms with E-state index in [1.54, 1.807) is 0 Å². The molecule has 0 unspecified atom stereocenters. The molecule has 0 radical (unpaired) electrons. The van der Waals surface area contributed by atoms with Crippen molar-refractivity contribution in [1.82, 2.24) is 5.32 Å². The summed E-state index contributed by atoms with van der Waals surface area (Å²) in [5, 5.41) is 2.72. The van der Waals surface area contributed by atoms with Crippen LogP contribution in [0.1, 0.15) is 26.2 Å². The molecule has 0 bridgehead atoms. The van der Waals surface area contributed by atoms with Gasteiger partial charge in [-0.3, -0.25) is 4.79 Å². The first-order chi connectivity index (χ1) is 6.16. The predicted octanol–water partition coefficient (Wildman–Crippen LogP) is -0.434. The van der Waals surface area contributed by atoms with Gasteiger partial charge in [-0.05, 0) is 6.42 Å². The third kappa shape index (κ3) is 8.65. The molecule has 0 aliphatic carbocycles. The molecule has 0 fully saturated rings. The van der Waals surface area contributed by atoms with Crippen molar-refractivity contribution < 1.29 is 4.79 Å². The van der Waals surface area contributed by atoms with E-state index in [1.165, 1.54) is 0 Å². The lowest BCUT2D eigenvalue weighted by molar-refractivity contribution is -0.119. The molecule has 0 saturated heterocycles. The number of amides is 1. The van der Waals surface area contributed by atoms with Crippen LogP contribution in [0, 0.1) is 0 Å². The fourth-order valence-corrected chi connectivity index (χ4v) is 0.822. The van der Waals surface area contributed by atoms with Crippen LogP contribution in [-0.2, 0) is 4.79 Å². The molecule has 13 heavy (non-hydrogen) atoms. The maximum atomic E-state index is 11.0. The Labute approximate surface area is 78.6 Å². The largest absolute Gasteiger partial charge is 0.370 e. The van der Waals surface area contributed by atoms with Crippen LogP contribution >= 0.6 is 0 Å². The Morgan fingerprint density at radius 1 is 1.38 bits per heavy atom. The molecule has 0 aromatic heterocycles. The second-order valence-electron chi connectivity index (χ2n) is 2.80. The molecule has 0 spiro atoms. The third-order valence-corrected chi connectivity index (χ3v) is 1.51. The number of rotatable bonds is 6. The Kier molecular flexibility index (Phi) is 6.68. The Morgan fingerprint density at radius 2 is 2.08 bits per heavy atom. The predicted molar refractivity (Wildman–Crippen MR) is 53.2 cm³/mol. The Hall–Kier alpha value is -1.26. The Bertz CT molecular complexity index is 175. The highest BCUT2D eigenvalue weighted by Crippen LogP contribution is 1.90. The number of nitrogens with zero attached hydrogens (tertiary/aromatic N) is 1. The summed E-state index contributed by atoms with van der Waals surface area (Å²) in [6.45, 7) is 2.84. The summed E-state index contributed by atoms with van der Waals surface area (Å²) >= 11 is 0. The first-order valence-corrected chi connectivity index (χ1v) is 4.49. The van der Waals surface area contributed by atoms with E-state index in [0.29, 0.717) is 6.54 Å². The second kappa shape index (κ2) is 7.39. The SMILES string of the molecule is CCCCCNC(=O)CN=C(N)N. The maximum absolute atomic E-state index is 11.0. The molecule has 5 nitrogen and oxygen atoms in total. The van der Waals surface area contributed by atoms with E-state index in [2.05, 4.69) is 17.2 Å². The minimum Gasteiger partial charge on any atom is -0.370 e. The minimum atomic E-state index is -0.135. The highest BCUT2D eigenvalue weighted by molar-refractivity contribution is 5.82. The van der Waals surface area contributed by atoms with Crippen LogP contribution < -0.4 is 16.8 Å². The van der Waals surface area contributed by atoms with E-state index < -0.39 is 0 Å². The quantitative estimate of drug-likeness (QED) is 0.298. The van der Waals surface area contributed by atoms with Crippen LogP contribution in [0.3, 0.4) is 0 Å². The summed E-state index contributed by atoms with van der Waals surface area (Å²) in [5.41, 5.74) is 10.1. The van der Waals surface area contributed by atoms with Crippen molar-refractivity contribution in [2.24, 2.45) is 16.5 Å². The molecule has 5 N–H and O–H groups in total. The van der Waals surface area contributed by atoms with E-state index in [-0.39, 0.29) is 18.4 Å². The number of carbonyl (C=O) groups is 1. The van der Waals surface area contributed by atoms with Crippen LogP contribution in [0.25, 0.3) is 0 Å². The number of aliphatic imine (C=N–C) groups is 1. The first-order valence-electron chi connectivity index (χ1n) is 4.49. The smallest absolute Gasteiger partial charge is 0.241 e. The lowest BCUT2D eigenvalue weighted by atomic mass is 10.2. The van der Waals surface area contributed by atoms with Crippen LogP contribution in [0.5, 0.6) is 0 Å². The number of nitrogens with one attached hydrogen (secondary N) is 1. The van der Waals surface area contributed by atoms with Gasteiger partial charge in [0.15, 0.2) is 5.96 Å². The summed E-state index contributed by atoms with van der Waals surface area (Å²) in [7, 11) is 0. The van der Waals surface area contributed by atoms with Crippen LogP contribution in [-0.4, -0.2) is 25.0 Å². The summed E-state index contributed by atoms with van der Waals surface area (Å²) < 4.78 is 0. The van der Waals surface area contributed by atoms with Crippen molar-refractivity contribution >= 4 is 11.9 Å². The molecular weight excluding hydrogens is 168 g/mol. The number of hydrogen-bond donors (Lipinski definition) is 3. The fourth-order valence-electron chi connectivity index (χ4n) is 0.822. The number of carbonyl (C=O) groups excluding carboxylic acids is 1. The van der Waals surface area contributed by atoms with Crippen molar-refractivity contribution in [3.05, 3.63) is 0 Å². The highest BCUT2D eigenvalue weighted by atomic mass is 16.1. The zero-order chi connectivity index (χ0) is 10.1. The van der Waals surface area contributed by atoms with Gasteiger partial charge in [0.2, 0.25) is 5.91 Å². The Balaban J connectivity index is 3.36. The summed E-state index contributed by atoms with van der Waals surface area (Å²) in [5.74, 6) is -0.187. The molecule has 5 heteroatoms. The number of hydrogen-bond acceptors (Lipinski definition) is 2. The van der Waals surface area contributed by atoms with Gasteiger partial charge in [-0.25, -0.2) is 4.99 Å². The van der Waals surface area contributed by atoms with E-state index in [1.807, 2.05) is 0 Å². The number of nitrogens with two attached hydrogens (primary N) is 2. The van der Waals surface area contributed by atoms with Gasteiger partial charge in [0, 0.05) is 6.54 Å². The van der Waals surface area contributed by atoms with Gasteiger partial charge in [0.25, 0.3) is 0 Å².